The maximum atomic E-state index is 12.1. The number of rotatable bonds is 2. The van der Waals surface area contributed by atoms with Crippen LogP contribution in [0, 0.1) is 6.92 Å². The van der Waals surface area contributed by atoms with E-state index in [9.17, 15) is 9.59 Å². The van der Waals surface area contributed by atoms with Gasteiger partial charge in [-0.05, 0) is 18.4 Å². The van der Waals surface area contributed by atoms with E-state index in [4.69, 9.17) is 9.59 Å². The molecule has 0 atom stereocenters. The summed E-state index contributed by atoms with van der Waals surface area (Å²) in [5, 5.41) is 0. The molecule has 2 rings (SSSR count). The first-order valence-electron chi connectivity index (χ1n) is 6.89. The number of hydrogen-bond acceptors (Lipinski definition) is 5. The Bertz CT molecular complexity index is 588. The van der Waals surface area contributed by atoms with Crippen LogP contribution in [0.2, 0.25) is 0 Å². The zero-order chi connectivity index (χ0) is 16.7. The van der Waals surface area contributed by atoms with E-state index >= 15 is 0 Å². The zero-order valence-electron chi connectivity index (χ0n) is 13.0. The average molecular weight is 301 g/mol. The smallest absolute Gasteiger partial charge is 0.373 e. The summed E-state index contributed by atoms with van der Waals surface area (Å²) < 4.78 is 0. The number of hydrogen-bond donors (Lipinski definition) is 0. The van der Waals surface area contributed by atoms with Crippen molar-refractivity contribution in [2.75, 3.05) is 14.1 Å². The van der Waals surface area contributed by atoms with E-state index in [2.05, 4.69) is 0 Å². The van der Waals surface area contributed by atoms with E-state index in [-0.39, 0.29) is 23.6 Å². The van der Waals surface area contributed by atoms with Gasteiger partial charge in [-0.3, -0.25) is 9.59 Å². The fourth-order valence-corrected chi connectivity index (χ4v) is 2.37. The Morgan fingerprint density at radius 3 is 1.91 bits per heavy atom. The molecule has 5 nitrogen and oxygen atoms in total. The molecule has 1 aromatic rings. The van der Waals surface area contributed by atoms with E-state index in [1.54, 1.807) is 11.1 Å². The van der Waals surface area contributed by atoms with Crippen molar-refractivity contribution in [3.63, 3.8) is 0 Å². The number of nitrogens with zero attached hydrogens (tertiary/aromatic N) is 1. The summed E-state index contributed by atoms with van der Waals surface area (Å²) in [4.78, 5) is 42.1. The first-order chi connectivity index (χ1) is 10.4. The highest BCUT2D eigenvalue weighted by atomic mass is 16.2. The molecule has 0 heterocycles. The summed E-state index contributed by atoms with van der Waals surface area (Å²) in [5.74, 6) is -0.0639. The maximum Gasteiger partial charge on any atom is 0.373 e. The number of ketones is 2. The predicted molar refractivity (Wildman–Crippen MR) is 79.9 cm³/mol. The molecule has 0 N–H and O–H groups in total. The summed E-state index contributed by atoms with van der Waals surface area (Å²) in [6.45, 7) is 2.03. The molecule has 1 aliphatic rings. The summed E-state index contributed by atoms with van der Waals surface area (Å²) in [7, 11) is 3.64. The van der Waals surface area contributed by atoms with Crippen molar-refractivity contribution < 1.29 is 19.2 Å². The number of carbonyl (C=O) groups excluding carboxylic acids is 4. The monoisotopic (exact) mass is 301 g/mol. The Hall–Kier alpha value is -2.52. The summed E-state index contributed by atoms with van der Waals surface area (Å²) in [5.41, 5.74) is 2.61. The number of allylic oxidation sites excluding steroid dienone is 1. The molecule has 0 amide bonds. The largest absolute Gasteiger partial charge is 0.383 e. The third-order valence-corrected chi connectivity index (χ3v) is 3.40. The SMILES string of the molecule is Cc1ccc(C2CC(=O)C(=CN(C)C)C(=O)C2)cc1.O=C=O. The van der Waals surface area contributed by atoms with Gasteiger partial charge >= 0.3 is 6.15 Å². The minimum absolute atomic E-state index is 0.0277. The Labute approximate surface area is 129 Å². The lowest BCUT2D eigenvalue weighted by atomic mass is 9.80. The van der Waals surface area contributed by atoms with E-state index in [0.717, 1.165) is 5.56 Å². The van der Waals surface area contributed by atoms with Gasteiger partial charge < -0.3 is 4.90 Å². The zero-order valence-corrected chi connectivity index (χ0v) is 13.0. The molecule has 1 aromatic carbocycles. The van der Waals surface area contributed by atoms with Gasteiger partial charge in [-0.1, -0.05) is 29.8 Å². The van der Waals surface area contributed by atoms with Gasteiger partial charge in [0.25, 0.3) is 0 Å². The molecule has 0 spiro atoms. The second kappa shape index (κ2) is 8.05. The normalized spacial score (nSPS) is 17.2. The third kappa shape index (κ3) is 4.79. The molecule has 0 bridgehead atoms. The number of Topliss-reactive ketones (excluding diaryl/α,β-unsaturated/α-hetero) is 2. The van der Waals surface area contributed by atoms with Crippen LogP contribution < -0.4 is 0 Å². The molecule has 0 aromatic heterocycles. The van der Waals surface area contributed by atoms with Crippen LogP contribution in [0.3, 0.4) is 0 Å². The van der Waals surface area contributed by atoms with Gasteiger partial charge in [-0.2, -0.15) is 9.59 Å². The van der Waals surface area contributed by atoms with Gasteiger partial charge in [0.2, 0.25) is 0 Å². The van der Waals surface area contributed by atoms with Crippen LogP contribution in [0.5, 0.6) is 0 Å². The molecule has 5 heteroatoms. The van der Waals surface area contributed by atoms with Crippen molar-refractivity contribution in [2.45, 2.75) is 25.7 Å². The minimum atomic E-state index is -0.0458. The number of carbonyl (C=O) groups is 2. The Balaban J connectivity index is 0.000000745. The minimum Gasteiger partial charge on any atom is -0.383 e. The van der Waals surface area contributed by atoms with Crippen molar-refractivity contribution in [3.8, 4) is 0 Å². The van der Waals surface area contributed by atoms with Crippen LogP contribution in [0.15, 0.2) is 36.0 Å². The van der Waals surface area contributed by atoms with Crippen molar-refractivity contribution >= 4 is 17.7 Å². The Morgan fingerprint density at radius 2 is 1.50 bits per heavy atom. The molecule has 0 unspecified atom stereocenters. The van der Waals surface area contributed by atoms with Gasteiger partial charge in [0, 0.05) is 33.1 Å². The number of aryl methyl sites for hydroxylation is 1. The average Bonchev–Trinajstić information content (AvgIpc) is 2.44. The second-order valence-corrected chi connectivity index (χ2v) is 5.45. The van der Waals surface area contributed by atoms with Gasteiger partial charge in [-0.25, -0.2) is 0 Å². The Morgan fingerprint density at radius 1 is 1.05 bits per heavy atom. The van der Waals surface area contributed by atoms with Crippen LogP contribution in [0.1, 0.15) is 29.9 Å². The highest BCUT2D eigenvalue weighted by Gasteiger charge is 2.31. The summed E-state index contributed by atoms with van der Waals surface area (Å²) in [6.07, 6.45) is 2.74. The van der Waals surface area contributed by atoms with Crippen molar-refractivity contribution in [3.05, 3.63) is 47.2 Å². The fraction of sp³-hybridized carbons (Fsp3) is 0.353. The lowest BCUT2D eigenvalue weighted by molar-refractivity contribution is -0.191. The molecule has 0 aliphatic heterocycles. The Kier molecular flexibility index (Phi) is 6.42. The van der Waals surface area contributed by atoms with Crippen LogP contribution >= 0.6 is 0 Å². The van der Waals surface area contributed by atoms with Crippen LogP contribution in [0.25, 0.3) is 0 Å². The molecule has 22 heavy (non-hydrogen) atoms. The molecular weight excluding hydrogens is 282 g/mol. The molecule has 1 aliphatic carbocycles. The third-order valence-electron chi connectivity index (χ3n) is 3.40. The first kappa shape index (κ1) is 17.5. The van der Waals surface area contributed by atoms with E-state index in [1.165, 1.54) is 5.56 Å². The van der Waals surface area contributed by atoms with Crippen LogP contribution in [0.4, 0.5) is 0 Å². The lowest BCUT2D eigenvalue weighted by Gasteiger charge is -2.23. The van der Waals surface area contributed by atoms with Crippen LogP contribution in [-0.2, 0) is 19.2 Å². The quantitative estimate of drug-likeness (QED) is 0.616. The number of benzene rings is 1. The first-order valence-corrected chi connectivity index (χ1v) is 6.89. The second-order valence-electron chi connectivity index (χ2n) is 5.45. The lowest BCUT2D eigenvalue weighted by Crippen LogP contribution is -2.26. The molecular formula is C17H19NO4. The van der Waals surface area contributed by atoms with Crippen molar-refractivity contribution in [1.29, 1.82) is 0 Å². The van der Waals surface area contributed by atoms with Crippen molar-refractivity contribution in [1.82, 2.24) is 4.90 Å². The van der Waals surface area contributed by atoms with Crippen LogP contribution in [-0.4, -0.2) is 36.7 Å². The topological polar surface area (TPSA) is 71.5 Å². The highest BCUT2D eigenvalue weighted by Crippen LogP contribution is 2.31. The van der Waals surface area contributed by atoms with Gasteiger partial charge in [0.05, 0.1) is 5.57 Å². The van der Waals surface area contributed by atoms with Gasteiger partial charge in [-0.15, -0.1) is 0 Å². The molecule has 0 radical (unpaired) electrons. The molecule has 0 saturated heterocycles. The molecule has 116 valence electrons. The van der Waals surface area contributed by atoms with Gasteiger partial charge in [0.1, 0.15) is 0 Å². The van der Waals surface area contributed by atoms with E-state index in [0.29, 0.717) is 18.4 Å². The standard InChI is InChI=1S/C16H19NO2.CO2/c1-11-4-6-12(7-5-11)13-8-15(18)14(10-17(2)3)16(19)9-13;2-1-3/h4-7,10,13H,8-9H2,1-3H3;. The summed E-state index contributed by atoms with van der Waals surface area (Å²) >= 11 is 0. The highest BCUT2D eigenvalue weighted by molar-refractivity contribution is 6.22. The van der Waals surface area contributed by atoms with E-state index in [1.807, 2.05) is 45.3 Å². The van der Waals surface area contributed by atoms with Gasteiger partial charge in [0.15, 0.2) is 11.6 Å². The maximum absolute atomic E-state index is 12.1. The van der Waals surface area contributed by atoms with E-state index < -0.39 is 0 Å². The fourth-order valence-electron chi connectivity index (χ4n) is 2.37. The molecule has 1 saturated carbocycles. The predicted octanol–water partition coefficient (Wildman–Crippen LogP) is 1.87. The summed E-state index contributed by atoms with van der Waals surface area (Å²) in [6, 6.07) is 8.08. The van der Waals surface area contributed by atoms with Crippen molar-refractivity contribution in [2.24, 2.45) is 0 Å². The molecule has 1 fully saturated rings.